The van der Waals surface area contributed by atoms with Crippen molar-refractivity contribution in [3.05, 3.63) is 29.8 Å². The van der Waals surface area contributed by atoms with Crippen molar-refractivity contribution in [2.45, 2.75) is 19.8 Å². The van der Waals surface area contributed by atoms with Crippen LogP contribution in [-0.2, 0) is 20.7 Å². The fraction of sp³-hybridized carbons (Fsp3) is 0.579. The van der Waals surface area contributed by atoms with E-state index >= 15 is 0 Å². The molecule has 6 heteroatoms. The molecular weight excluding hydrogens is 318 g/mol. The van der Waals surface area contributed by atoms with Gasteiger partial charge in [-0.2, -0.15) is 0 Å². The molecule has 0 bridgehead atoms. The third-order valence-electron chi connectivity index (χ3n) is 4.96. The van der Waals surface area contributed by atoms with Gasteiger partial charge in [-0.15, -0.1) is 0 Å². The fourth-order valence-electron chi connectivity index (χ4n) is 3.38. The van der Waals surface area contributed by atoms with Crippen molar-refractivity contribution in [2.75, 3.05) is 50.8 Å². The van der Waals surface area contributed by atoms with E-state index in [-0.39, 0.29) is 17.7 Å². The second kappa shape index (κ2) is 8.45. The van der Waals surface area contributed by atoms with Gasteiger partial charge in [-0.1, -0.05) is 19.1 Å². The molecule has 0 aromatic heterocycles. The summed E-state index contributed by atoms with van der Waals surface area (Å²) in [5.74, 6) is -0.250. The van der Waals surface area contributed by atoms with Crippen molar-refractivity contribution >= 4 is 17.5 Å². The fourth-order valence-corrected chi connectivity index (χ4v) is 3.38. The van der Waals surface area contributed by atoms with E-state index < -0.39 is 0 Å². The number of morpholine rings is 1. The van der Waals surface area contributed by atoms with Crippen molar-refractivity contribution in [3.8, 4) is 0 Å². The van der Waals surface area contributed by atoms with Gasteiger partial charge in [-0.3, -0.25) is 14.5 Å². The molecule has 25 heavy (non-hydrogen) atoms. The van der Waals surface area contributed by atoms with Crippen LogP contribution in [0.5, 0.6) is 0 Å². The van der Waals surface area contributed by atoms with E-state index in [1.807, 2.05) is 18.2 Å². The standard InChI is InChI=1S/C19H27N3O3/c1-2-15-4-3-5-17(12-15)22-14-16(13-18(22)23)19(24)20-6-7-21-8-10-25-11-9-21/h3-5,12,16H,2,6-11,13-14H2,1H3,(H,20,24)/t16-/m1/s1. The lowest BCUT2D eigenvalue weighted by molar-refractivity contribution is -0.126. The zero-order chi connectivity index (χ0) is 17.6. The van der Waals surface area contributed by atoms with Gasteiger partial charge in [0.1, 0.15) is 0 Å². The number of nitrogens with one attached hydrogen (secondary N) is 1. The number of carbonyl (C=O) groups excluding carboxylic acids is 2. The van der Waals surface area contributed by atoms with E-state index in [1.165, 1.54) is 5.56 Å². The molecule has 1 aromatic carbocycles. The number of amides is 2. The molecule has 3 rings (SSSR count). The van der Waals surface area contributed by atoms with Gasteiger partial charge in [-0.05, 0) is 24.1 Å². The summed E-state index contributed by atoms with van der Waals surface area (Å²) in [5.41, 5.74) is 2.09. The molecule has 2 amide bonds. The van der Waals surface area contributed by atoms with Crippen LogP contribution < -0.4 is 10.2 Å². The maximum absolute atomic E-state index is 12.4. The van der Waals surface area contributed by atoms with E-state index in [4.69, 9.17) is 4.74 Å². The second-order valence-electron chi connectivity index (χ2n) is 6.67. The Bertz CT molecular complexity index is 614. The van der Waals surface area contributed by atoms with Gasteiger partial charge in [0.2, 0.25) is 11.8 Å². The Kier molecular flexibility index (Phi) is 6.04. The third kappa shape index (κ3) is 4.58. The van der Waals surface area contributed by atoms with E-state index in [2.05, 4.69) is 23.2 Å². The zero-order valence-electron chi connectivity index (χ0n) is 14.9. The summed E-state index contributed by atoms with van der Waals surface area (Å²) in [6.07, 6.45) is 1.22. The summed E-state index contributed by atoms with van der Waals surface area (Å²) in [6, 6.07) is 8.00. The van der Waals surface area contributed by atoms with E-state index in [9.17, 15) is 9.59 Å². The Morgan fingerprint density at radius 3 is 2.88 bits per heavy atom. The Labute approximate surface area is 149 Å². The average molecular weight is 345 g/mol. The van der Waals surface area contributed by atoms with Crippen molar-refractivity contribution in [3.63, 3.8) is 0 Å². The maximum Gasteiger partial charge on any atom is 0.227 e. The van der Waals surface area contributed by atoms with Crippen LogP contribution in [0.15, 0.2) is 24.3 Å². The van der Waals surface area contributed by atoms with Crippen molar-refractivity contribution in [1.29, 1.82) is 0 Å². The average Bonchev–Trinajstić information content (AvgIpc) is 3.04. The van der Waals surface area contributed by atoms with Crippen molar-refractivity contribution in [2.24, 2.45) is 5.92 Å². The molecule has 136 valence electrons. The zero-order valence-corrected chi connectivity index (χ0v) is 14.9. The molecule has 2 aliphatic rings. The first-order valence-electron chi connectivity index (χ1n) is 9.14. The normalized spacial score (nSPS) is 21.6. The number of hydrogen-bond acceptors (Lipinski definition) is 4. The Balaban J connectivity index is 1.50. The smallest absolute Gasteiger partial charge is 0.227 e. The molecule has 2 heterocycles. The highest BCUT2D eigenvalue weighted by molar-refractivity contribution is 6.00. The maximum atomic E-state index is 12.4. The number of benzene rings is 1. The lowest BCUT2D eigenvalue weighted by atomic mass is 10.1. The summed E-state index contributed by atoms with van der Waals surface area (Å²) in [7, 11) is 0. The van der Waals surface area contributed by atoms with E-state index in [0.717, 1.165) is 45.0 Å². The topological polar surface area (TPSA) is 61.9 Å². The molecule has 0 unspecified atom stereocenters. The monoisotopic (exact) mass is 345 g/mol. The molecule has 2 saturated heterocycles. The number of nitrogens with zero attached hydrogens (tertiary/aromatic N) is 2. The predicted molar refractivity (Wildman–Crippen MR) is 96.5 cm³/mol. The number of ether oxygens (including phenoxy) is 1. The van der Waals surface area contributed by atoms with Gasteiger partial charge in [-0.25, -0.2) is 0 Å². The second-order valence-corrected chi connectivity index (χ2v) is 6.67. The van der Waals surface area contributed by atoms with Crippen LogP contribution >= 0.6 is 0 Å². The molecule has 6 nitrogen and oxygen atoms in total. The van der Waals surface area contributed by atoms with Crippen LogP contribution in [0.4, 0.5) is 5.69 Å². The largest absolute Gasteiger partial charge is 0.379 e. The molecule has 0 radical (unpaired) electrons. The number of anilines is 1. The van der Waals surface area contributed by atoms with Crippen LogP contribution in [0.2, 0.25) is 0 Å². The quantitative estimate of drug-likeness (QED) is 0.837. The molecule has 0 spiro atoms. The molecular formula is C19H27N3O3. The number of rotatable bonds is 6. The minimum absolute atomic E-state index is 0.0178. The molecule has 0 aliphatic carbocycles. The van der Waals surface area contributed by atoms with Crippen LogP contribution in [0.25, 0.3) is 0 Å². The van der Waals surface area contributed by atoms with Gasteiger partial charge in [0, 0.05) is 44.8 Å². The number of carbonyl (C=O) groups is 2. The van der Waals surface area contributed by atoms with Crippen LogP contribution in [-0.4, -0.2) is 62.7 Å². The van der Waals surface area contributed by atoms with Crippen LogP contribution in [0, 0.1) is 5.92 Å². The summed E-state index contributed by atoms with van der Waals surface area (Å²) < 4.78 is 5.32. The van der Waals surface area contributed by atoms with Gasteiger partial charge < -0.3 is 15.0 Å². The molecule has 1 N–H and O–H groups in total. The highest BCUT2D eigenvalue weighted by Crippen LogP contribution is 2.26. The number of hydrogen-bond donors (Lipinski definition) is 1. The highest BCUT2D eigenvalue weighted by Gasteiger charge is 2.35. The first-order valence-corrected chi connectivity index (χ1v) is 9.14. The van der Waals surface area contributed by atoms with E-state index in [0.29, 0.717) is 19.5 Å². The van der Waals surface area contributed by atoms with Gasteiger partial charge in [0.25, 0.3) is 0 Å². The minimum atomic E-state index is -0.262. The number of aryl methyl sites for hydroxylation is 1. The third-order valence-corrected chi connectivity index (χ3v) is 4.96. The Morgan fingerprint density at radius 2 is 2.12 bits per heavy atom. The summed E-state index contributed by atoms with van der Waals surface area (Å²) in [4.78, 5) is 28.8. The summed E-state index contributed by atoms with van der Waals surface area (Å²) in [5, 5.41) is 2.99. The molecule has 1 atom stereocenters. The highest BCUT2D eigenvalue weighted by atomic mass is 16.5. The summed E-state index contributed by atoms with van der Waals surface area (Å²) >= 11 is 0. The molecule has 1 aromatic rings. The lowest BCUT2D eigenvalue weighted by Crippen LogP contribution is -2.42. The Morgan fingerprint density at radius 1 is 1.32 bits per heavy atom. The SMILES string of the molecule is CCc1cccc(N2C[C@H](C(=O)NCCN3CCOCC3)CC2=O)c1. The van der Waals surface area contributed by atoms with E-state index in [1.54, 1.807) is 4.90 Å². The van der Waals surface area contributed by atoms with Gasteiger partial charge in [0.15, 0.2) is 0 Å². The molecule has 2 fully saturated rings. The Hall–Kier alpha value is -1.92. The summed E-state index contributed by atoms with van der Waals surface area (Å²) in [6.45, 7) is 7.37. The first-order chi connectivity index (χ1) is 12.2. The van der Waals surface area contributed by atoms with Crippen molar-refractivity contribution < 1.29 is 14.3 Å². The van der Waals surface area contributed by atoms with Crippen LogP contribution in [0.3, 0.4) is 0 Å². The van der Waals surface area contributed by atoms with Crippen LogP contribution in [0.1, 0.15) is 18.9 Å². The van der Waals surface area contributed by atoms with Crippen molar-refractivity contribution in [1.82, 2.24) is 10.2 Å². The molecule has 0 saturated carbocycles. The molecule has 2 aliphatic heterocycles. The first kappa shape index (κ1) is 17.9. The van der Waals surface area contributed by atoms with Gasteiger partial charge >= 0.3 is 0 Å². The predicted octanol–water partition coefficient (Wildman–Crippen LogP) is 1.05. The lowest BCUT2D eigenvalue weighted by Gasteiger charge is -2.26. The minimum Gasteiger partial charge on any atom is -0.379 e. The van der Waals surface area contributed by atoms with Gasteiger partial charge in [0.05, 0.1) is 19.1 Å².